The van der Waals surface area contributed by atoms with E-state index >= 15 is 0 Å². The summed E-state index contributed by atoms with van der Waals surface area (Å²) in [4.78, 5) is 35.5. The van der Waals surface area contributed by atoms with Crippen LogP contribution >= 0.6 is 0 Å². The van der Waals surface area contributed by atoms with E-state index in [0.717, 1.165) is 5.56 Å². The first-order chi connectivity index (χ1) is 13.0. The number of ether oxygens (including phenoxy) is 3. The highest BCUT2D eigenvalue weighted by atomic mass is 16.5. The zero-order chi connectivity index (χ0) is 19.6. The van der Waals surface area contributed by atoms with Crippen molar-refractivity contribution in [2.75, 3.05) is 26.1 Å². The first kappa shape index (κ1) is 19.9. The molecule has 2 aromatic carbocycles. The van der Waals surface area contributed by atoms with Gasteiger partial charge in [-0.3, -0.25) is 10.1 Å². The summed E-state index contributed by atoms with van der Waals surface area (Å²) in [5.74, 6) is -0.778. The van der Waals surface area contributed by atoms with E-state index in [2.05, 4.69) is 10.6 Å². The Morgan fingerprint density at radius 2 is 1.74 bits per heavy atom. The minimum Gasteiger partial charge on any atom is -0.497 e. The molecule has 2 aromatic rings. The number of hydrogen-bond donors (Lipinski definition) is 2. The van der Waals surface area contributed by atoms with Gasteiger partial charge >= 0.3 is 12.0 Å². The molecular formula is C19H20N2O6. The van der Waals surface area contributed by atoms with Crippen molar-refractivity contribution >= 4 is 23.6 Å². The van der Waals surface area contributed by atoms with Gasteiger partial charge < -0.3 is 19.5 Å². The standard InChI is InChI=1S/C19H20N2O6/c1-25-11-13-4-3-5-14(10-13)18(23)27-12-17(22)21-19(24)20-15-6-8-16(26-2)9-7-15/h3-10H,11-12H2,1-2H3,(H2,20,21,22,24). The second-order valence-corrected chi connectivity index (χ2v) is 5.44. The largest absolute Gasteiger partial charge is 0.497 e. The molecule has 0 unspecified atom stereocenters. The molecule has 8 nitrogen and oxygen atoms in total. The van der Waals surface area contributed by atoms with Gasteiger partial charge in [-0.25, -0.2) is 9.59 Å². The summed E-state index contributed by atoms with van der Waals surface area (Å²) < 4.78 is 14.9. The van der Waals surface area contributed by atoms with E-state index in [9.17, 15) is 14.4 Å². The van der Waals surface area contributed by atoms with Gasteiger partial charge in [0.15, 0.2) is 6.61 Å². The topological polar surface area (TPSA) is 103 Å². The van der Waals surface area contributed by atoms with E-state index in [1.165, 1.54) is 7.11 Å². The lowest BCUT2D eigenvalue weighted by Gasteiger charge is -2.08. The van der Waals surface area contributed by atoms with Gasteiger partial charge in [0.1, 0.15) is 5.75 Å². The molecule has 142 valence electrons. The lowest BCUT2D eigenvalue weighted by Crippen LogP contribution is -2.37. The molecule has 0 atom stereocenters. The first-order valence-electron chi connectivity index (χ1n) is 8.01. The van der Waals surface area contributed by atoms with Crippen molar-refractivity contribution in [3.05, 3.63) is 59.7 Å². The number of rotatable bonds is 7. The zero-order valence-corrected chi connectivity index (χ0v) is 15.0. The summed E-state index contributed by atoms with van der Waals surface area (Å²) in [6.07, 6.45) is 0. The molecule has 0 fully saturated rings. The van der Waals surface area contributed by atoms with Crippen molar-refractivity contribution in [2.24, 2.45) is 0 Å². The Labute approximate surface area is 156 Å². The van der Waals surface area contributed by atoms with Crippen LogP contribution in [0.15, 0.2) is 48.5 Å². The van der Waals surface area contributed by atoms with Crippen LogP contribution in [0.25, 0.3) is 0 Å². The van der Waals surface area contributed by atoms with E-state index in [1.807, 2.05) is 0 Å². The van der Waals surface area contributed by atoms with Crippen LogP contribution in [0.4, 0.5) is 10.5 Å². The van der Waals surface area contributed by atoms with Crippen LogP contribution in [0.2, 0.25) is 0 Å². The molecule has 0 aliphatic rings. The zero-order valence-electron chi connectivity index (χ0n) is 15.0. The molecular weight excluding hydrogens is 352 g/mol. The third-order valence-corrected chi connectivity index (χ3v) is 3.41. The summed E-state index contributed by atoms with van der Waals surface area (Å²) >= 11 is 0. The highest BCUT2D eigenvalue weighted by molar-refractivity contribution is 6.02. The van der Waals surface area contributed by atoms with Gasteiger partial charge in [-0.2, -0.15) is 0 Å². The number of carbonyl (C=O) groups is 3. The molecule has 0 spiro atoms. The van der Waals surface area contributed by atoms with Crippen molar-refractivity contribution in [3.8, 4) is 5.75 Å². The number of benzene rings is 2. The Kier molecular flexibility index (Phi) is 7.33. The third-order valence-electron chi connectivity index (χ3n) is 3.41. The van der Waals surface area contributed by atoms with Gasteiger partial charge in [0.25, 0.3) is 5.91 Å². The predicted molar refractivity (Wildman–Crippen MR) is 97.6 cm³/mol. The molecule has 0 saturated carbocycles. The molecule has 0 aromatic heterocycles. The summed E-state index contributed by atoms with van der Waals surface area (Å²) in [6.45, 7) is -0.226. The molecule has 3 amide bonds. The van der Waals surface area contributed by atoms with E-state index in [1.54, 1.807) is 55.6 Å². The van der Waals surface area contributed by atoms with Crippen molar-refractivity contribution in [3.63, 3.8) is 0 Å². The lowest BCUT2D eigenvalue weighted by atomic mass is 10.1. The second kappa shape index (κ2) is 9.93. The Bertz CT molecular complexity index is 804. The summed E-state index contributed by atoms with van der Waals surface area (Å²) in [5, 5.41) is 4.56. The first-order valence-corrected chi connectivity index (χ1v) is 8.01. The van der Waals surface area contributed by atoms with Crippen LogP contribution in [0.3, 0.4) is 0 Å². The second-order valence-electron chi connectivity index (χ2n) is 5.44. The van der Waals surface area contributed by atoms with Gasteiger partial charge in [0.05, 0.1) is 19.3 Å². The molecule has 27 heavy (non-hydrogen) atoms. The average molecular weight is 372 g/mol. The van der Waals surface area contributed by atoms with Gasteiger partial charge in [-0.1, -0.05) is 12.1 Å². The number of imide groups is 1. The fraction of sp³-hybridized carbons (Fsp3) is 0.211. The monoisotopic (exact) mass is 372 g/mol. The Morgan fingerprint density at radius 3 is 2.41 bits per heavy atom. The maximum Gasteiger partial charge on any atom is 0.338 e. The summed E-state index contributed by atoms with van der Waals surface area (Å²) in [7, 11) is 3.08. The summed E-state index contributed by atoms with van der Waals surface area (Å²) in [5.41, 5.74) is 1.57. The highest BCUT2D eigenvalue weighted by Crippen LogP contribution is 2.14. The van der Waals surface area contributed by atoms with Crippen LogP contribution in [0, 0.1) is 0 Å². The number of methoxy groups -OCH3 is 2. The van der Waals surface area contributed by atoms with Crippen molar-refractivity contribution < 1.29 is 28.6 Å². The molecule has 0 saturated heterocycles. The third kappa shape index (κ3) is 6.44. The number of urea groups is 1. The van der Waals surface area contributed by atoms with Gasteiger partial charge in [-0.05, 0) is 42.0 Å². The number of anilines is 1. The minimum absolute atomic E-state index is 0.292. The maximum atomic E-state index is 12.0. The van der Waals surface area contributed by atoms with Crippen LogP contribution < -0.4 is 15.4 Å². The summed E-state index contributed by atoms with van der Waals surface area (Å²) in [6, 6.07) is 12.5. The van der Waals surface area contributed by atoms with Crippen molar-refractivity contribution in [1.29, 1.82) is 0 Å². The average Bonchev–Trinajstić information content (AvgIpc) is 2.67. The molecule has 0 heterocycles. The molecule has 0 aliphatic carbocycles. The molecule has 0 aliphatic heterocycles. The SMILES string of the molecule is COCc1cccc(C(=O)OCC(=O)NC(=O)Nc2ccc(OC)cc2)c1. The number of carbonyl (C=O) groups excluding carboxylic acids is 3. The normalized spacial score (nSPS) is 10.0. The van der Waals surface area contributed by atoms with Crippen LogP contribution in [0.5, 0.6) is 5.75 Å². The van der Waals surface area contributed by atoms with E-state index < -0.39 is 24.5 Å². The molecule has 2 rings (SSSR count). The maximum absolute atomic E-state index is 12.0. The Balaban J connectivity index is 1.80. The van der Waals surface area contributed by atoms with Gasteiger partial charge in [-0.15, -0.1) is 0 Å². The predicted octanol–water partition coefficient (Wildman–Crippen LogP) is 2.35. The quantitative estimate of drug-likeness (QED) is 0.723. The molecule has 8 heteroatoms. The van der Waals surface area contributed by atoms with E-state index in [0.29, 0.717) is 23.6 Å². The Morgan fingerprint density at radius 1 is 1.00 bits per heavy atom. The Hall–Kier alpha value is -3.39. The smallest absolute Gasteiger partial charge is 0.338 e. The number of nitrogens with one attached hydrogen (secondary N) is 2. The minimum atomic E-state index is -0.748. The number of esters is 1. The van der Waals surface area contributed by atoms with Gasteiger partial charge in [0, 0.05) is 12.8 Å². The molecule has 0 radical (unpaired) electrons. The highest BCUT2D eigenvalue weighted by Gasteiger charge is 2.13. The fourth-order valence-corrected chi connectivity index (χ4v) is 2.17. The number of amides is 3. The van der Waals surface area contributed by atoms with Crippen LogP contribution in [0.1, 0.15) is 15.9 Å². The lowest BCUT2D eigenvalue weighted by molar-refractivity contribution is -0.123. The van der Waals surface area contributed by atoms with Crippen molar-refractivity contribution in [2.45, 2.75) is 6.61 Å². The van der Waals surface area contributed by atoms with E-state index in [4.69, 9.17) is 14.2 Å². The van der Waals surface area contributed by atoms with Crippen LogP contribution in [-0.4, -0.2) is 38.7 Å². The fourth-order valence-electron chi connectivity index (χ4n) is 2.17. The van der Waals surface area contributed by atoms with Crippen molar-refractivity contribution in [1.82, 2.24) is 5.32 Å². The van der Waals surface area contributed by atoms with Crippen LogP contribution in [-0.2, 0) is 20.9 Å². The molecule has 2 N–H and O–H groups in total. The number of hydrogen-bond acceptors (Lipinski definition) is 6. The van der Waals surface area contributed by atoms with Gasteiger partial charge in [0.2, 0.25) is 0 Å². The molecule has 0 bridgehead atoms. The van der Waals surface area contributed by atoms with E-state index in [-0.39, 0.29) is 0 Å².